The van der Waals surface area contributed by atoms with E-state index < -0.39 is 23.3 Å². The SMILES string of the molecule is COc1ccc(Cn2ccc(C)c(NC(=O)[C@H](Cc3ccc(C(C)(C)C(=O)OCc4ccccc4)cc3)NC(=O)[C@@H](C)c3ccc(CC(C)C)cc3)c2=O)cc1. The van der Waals surface area contributed by atoms with E-state index in [0.717, 1.165) is 34.2 Å². The lowest BCUT2D eigenvalue weighted by Crippen LogP contribution is -2.47. The van der Waals surface area contributed by atoms with Crippen LogP contribution >= 0.6 is 0 Å². The first-order valence-electron chi connectivity index (χ1n) is 19.1. The van der Waals surface area contributed by atoms with Crippen molar-refractivity contribution in [1.29, 1.82) is 0 Å². The highest BCUT2D eigenvalue weighted by Crippen LogP contribution is 2.27. The zero-order valence-corrected chi connectivity index (χ0v) is 33.4. The highest BCUT2D eigenvalue weighted by atomic mass is 16.5. The Labute approximate surface area is 330 Å². The lowest BCUT2D eigenvalue weighted by Gasteiger charge is -2.24. The molecule has 0 bridgehead atoms. The number of methoxy groups -OCH3 is 1. The molecule has 56 heavy (non-hydrogen) atoms. The maximum atomic E-state index is 14.2. The van der Waals surface area contributed by atoms with Crippen LogP contribution in [0.1, 0.15) is 79.5 Å². The lowest BCUT2D eigenvalue weighted by atomic mass is 9.84. The maximum absolute atomic E-state index is 14.2. The van der Waals surface area contributed by atoms with Crippen molar-refractivity contribution in [2.45, 2.75) is 84.9 Å². The number of amides is 2. The van der Waals surface area contributed by atoms with Crippen molar-refractivity contribution in [3.8, 4) is 5.75 Å². The smallest absolute Gasteiger partial charge is 0.316 e. The number of hydrogen-bond acceptors (Lipinski definition) is 6. The minimum absolute atomic E-state index is 0.142. The Balaban J connectivity index is 1.36. The number of ether oxygens (including phenoxy) is 2. The standard InChI is InChI=1S/C47H53N3O6/c1-31(2)27-34-13-19-38(20-14-34)33(4)43(51)48-41(28-35-15-21-39(22-16-35)47(5,6)46(54)56-30-37-11-9-8-10-12-37)44(52)49-42-32(3)25-26-50(45(42)53)29-36-17-23-40(55-7)24-18-36/h8-26,31,33,41H,27-30H2,1-7H3,(H,48,51)(H,49,52)/t33-,41-/m0/s1. The van der Waals surface area contributed by atoms with Gasteiger partial charge in [0.1, 0.15) is 24.1 Å². The van der Waals surface area contributed by atoms with E-state index in [1.165, 1.54) is 10.1 Å². The Kier molecular flexibility index (Phi) is 13.7. The molecule has 9 nitrogen and oxygen atoms in total. The van der Waals surface area contributed by atoms with Crippen LogP contribution in [0.25, 0.3) is 0 Å². The fourth-order valence-corrected chi connectivity index (χ4v) is 6.47. The predicted octanol–water partition coefficient (Wildman–Crippen LogP) is 7.90. The summed E-state index contributed by atoms with van der Waals surface area (Å²) < 4.78 is 12.4. The van der Waals surface area contributed by atoms with E-state index in [1.807, 2.05) is 124 Å². The van der Waals surface area contributed by atoms with Crippen LogP contribution in [0.4, 0.5) is 5.69 Å². The summed E-state index contributed by atoms with van der Waals surface area (Å²) >= 11 is 0. The molecule has 1 heterocycles. The largest absolute Gasteiger partial charge is 0.497 e. The van der Waals surface area contributed by atoms with Crippen LogP contribution in [0.5, 0.6) is 5.75 Å². The first-order valence-corrected chi connectivity index (χ1v) is 19.1. The summed E-state index contributed by atoms with van der Waals surface area (Å²) in [5, 5.41) is 5.85. The minimum atomic E-state index is -1.02. The van der Waals surface area contributed by atoms with Gasteiger partial charge < -0.3 is 24.7 Å². The van der Waals surface area contributed by atoms with Crippen LogP contribution in [0.2, 0.25) is 0 Å². The number of hydrogen-bond donors (Lipinski definition) is 2. The number of rotatable bonds is 16. The van der Waals surface area contributed by atoms with E-state index >= 15 is 0 Å². The molecular weight excluding hydrogens is 703 g/mol. The number of aryl methyl sites for hydroxylation is 1. The van der Waals surface area contributed by atoms with Crippen molar-refractivity contribution < 1.29 is 23.9 Å². The molecule has 2 atom stereocenters. The molecule has 2 N–H and O–H groups in total. The molecule has 0 unspecified atom stereocenters. The molecule has 9 heteroatoms. The van der Waals surface area contributed by atoms with Crippen LogP contribution in [0.15, 0.2) is 120 Å². The first kappa shape index (κ1) is 41.2. The van der Waals surface area contributed by atoms with Gasteiger partial charge in [-0.2, -0.15) is 0 Å². The van der Waals surface area contributed by atoms with Crippen molar-refractivity contribution >= 4 is 23.5 Å². The van der Waals surface area contributed by atoms with Crippen molar-refractivity contribution in [3.05, 3.63) is 165 Å². The van der Waals surface area contributed by atoms with E-state index in [4.69, 9.17) is 9.47 Å². The van der Waals surface area contributed by atoms with Crippen LogP contribution in [0.3, 0.4) is 0 Å². The lowest BCUT2D eigenvalue weighted by molar-refractivity contribution is -0.150. The molecule has 5 rings (SSSR count). The summed E-state index contributed by atoms with van der Waals surface area (Å²) in [6.07, 6.45) is 2.78. The molecule has 292 valence electrons. The van der Waals surface area contributed by atoms with Crippen LogP contribution in [-0.4, -0.2) is 35.5 Å². The Bertz CT molecular complexity index is 2160. The van der Waals surface area contributed by atoms with E-state index in [9.17, 15) is 19.2 Å². The number of nitrogens with zero attached hydrogens (tertiary/aromatic N) is 1. The maximum Gasteiger partial charge on any atom is 0.316 e. The summed E-state index contributed by atoms with van der Waals surface area (Å²) in [6.45, 7) is 12.0. The molecule has 0 aliphatic rings. The van der Waals surface area contributed by atoms with Gasteiger partial charge in [0, 0.05) is 12.6 Å². The fourth-order valence-electron chi connectivity index (χ4n) is 6.47. The fraction of sp³-hybridized carbons (Fsp3) is 0.319. The molecule has 0 saturated carbocycles. The number of carbonyl (C=O) groups is 3. The van der Waals surface area contributed by atoms with E-state index in [2.05, 4.69) is 24.5 Å². The van der Waals surface area contributed by atoms with Crippen LogP contribution in [0, 0.1) is 12.8 Å². The number of carbonyl (C=O) groups excluding carboxylic acids is 3. The van der Waals surface area contributed by atoms with Crippen molar-refractivity contribution in [2.75, 3.05) is 12.4 Å². The zero-order chi connectivity index (χ0) is 40.4. The molecule has 0 fully saturated rings. The molecule has 2 amide bonds. The van der Waals surface area contributed by atoms with Crippen molar-refractivity contribution in [1.82, 2.24) is 9.88 Å². The molecule has 5 aromatic rings. The molecule has 1 aromatic heterocycles. The van der Waals surface area contributed by atoms with E-state index in [-0.39, 0.29) is 36.2 Å². The summed E-state index contributed by atoms with van der Waals surface area (Å²) in [5.41, 5.74) is 4.77. The minimum Gasteiger partial charge on any atom is -0.497 e. The second kappa shape index (κ2) is 18.6. The van der Waals surface area contributed by atoms with Gasteiger partial charge in [-0.1, -0.05) is 105 Å². The molecule has 0 saturated heterocycles. The van der Waals surface area contributed by atoms with Gasteiger partial charge in [0.15, 0.2) is 0 Å². The van der Waals surface area contributed by atoms with E-state index in [0.29, 0.717) is 23.8 Å². The summed E-state index contributed by atoms with van der Waals surface area (Å²) in [7, 11) is 1.60. The Morgan fingerprint density at radius 3 is 1.96 bits per heavy atom. The van der Waals surface area contributed by atoms with Crippen molar-refractivity contribution in [2.24, 2.45) is 5.92 Å². The number of nitrogens with one attached hydrogen (secondary N) is 2. The molecule has 4 aromatic carbocycles. The van der Waals surface area contributed by atoms with Gasteiger partial charge in [-0.3, -0.25) is 19.2 Å². The topological polar surface area (TPSA) is 116 Å². The quantitative estimate of drug-likeness (QED) is 0.0990. The van der Waals surface area contributed by atoms with E-state index in [1.54, 1.807) is 26.3 Å². The van der Waals surface area contributed by atoms with Gasteiger partial charge in [0.25, 0.3) is 5.56 Å². The van der Waals surface area contributed by atoms with Crippen molar-refractivity contribution in [3.63, 3.8) is 0 Å². The monoisotopic (exact) mass is 755 g/mol. The Morgan fingerprint density at radius 2 is 1.34 bits per heavy atom. The Hall–Kier alpha value is -5.96. The summed E-state index contributed by atoms with van der Waals surface area (Å²) in [4.78, 5) is 54.9. The average molecular weight is 756 g/mol. The number of pyridine rings is 1. The zero-order valence-electron chi connectivity index (χ0n) is 33.4. The number of anilines is 1. The normalized spacial score (nSPS) is 12.4. The second-order valence-corrected chi connectivity index (χ2v) is 15.4. The number of esters is 1. The first-order chi connectivity index (χ1) is 26.7. The second-order valence-electron chi connectivity index (χ2n) is 15.4. The highest BCUT2D eigenvalue weighted by molar-refractivity contribution is 5.98. The number of aromatic nitrogens is 1. The van der Waals surface area contributed by atoms with Gasteiger partial charge in [-0.05, 0) is 97.2 Å². The van der Waals surface area contributed by atoms with Crippen LogP contribution in [-0.2, 0) is 50.5 Å². The van der Waals surface area contributed by atoms with Gasteiger partial charge in [0.2, 0.25) is 11.8 Å². The predicted molar refractivity (Wildman–Crippen MR) is 221 cm³/mol. The molecule has 0 radical (unpaired) electrons. The molecule has 0 aliphatic carbocycles. The Morgan fingerprint density at radius 1 is 0.732 bits per heavy atom. The third-order valence-electron chi connectivity index (χ3n) is 10.1. The van der Waals surface area contributed by atoms with Crippen LogP contribution < -0.4 is 20.9 Å². The molecule has 0 aliphatic heterocycles. The molecule has 0 spiro atoms. The van der Waals surface area contributed by atoms with Gasteiger partial charge >= 0.3 is 5.97 Å². The van der Waals surface area contributed by atoms with Gasteiger partial charge in [-0.25, -0.2) is 0 Å². The average Bonchev–Trinajstić information content (AvgIpc) is 3.19. The van der Waals surface area contributed by atoms with Gasteiger partial charge in [0.05, 0.1) is 25.0 Å². The van der Waals surface area contributed by atoms with Gasteiger partial charge in [-0.15, -0.1) is 0 Å². The summed E-state index contributed by atoms with van der Waals surface area (Å²) in [5.74, 6) is -0.515. The molecular formula is C47H53N3O6. The number of benzene rings is 4. The third-order valence-corrected chi connectivity index (χ3v) is 10.1. The third kappa shape index (κ3) is 10.6. The summed E-state index contributed by atoms with van der Waals surface area (Å²) in [6, 6.07) is 33.1. The highest BCUT2D eigenvalue weighted by Gasteiger charge is 2.32.